The fourth-order valence-corrected chi connectivity index (χ4v) is 8.37. The van der Waals surface area contributed by atoms with Crippen LogP contribution < -0.4 is 0 Å². The molecule has 139 valence electrons. The third kappa shape index (κ3) is 2.73. The number of hydrogen-bond donors (Lipinski definition) is 0. The summed E-state index contributed by atoms with van der Waals surface area (Å²) in [5, 5.41) is -0.170. The molecule has 0 N–H and O–H groups in total. The van der Waals surface area contributed by atoms with Crippen LogP contribution in [0, 0.1) is 17.3 Å². The fraction of sp³-hybridized carbons (Fsp3) is 0.944. The Labute approximate surface area is 150 Å². The van der Waals surface area contributed by atoms with E-state index < -0.39 is 23.0 Å². The summed E-state index contributed by atoms with van der Waals surface area (Å²) in [6, 6.07) is 0. The summed E-state index contributed by atoms with van der Waals surface area (Å²) in [6.45, 7) is 15.2. The second kappa shape index (κ2) is 6.21. The topological polar surface area (TPSA) is 44.8 Å². The molecule has 6 heteroatoms. The molecule has 0 aromatic heterocycles. The lowest BCUT2D eigenvalue weighted by Crippen LogP contribution is -2.55. The third-order valence-electron chi connectivity index (χ3n) is 7.16. The van der Waals surface area contributed by atoms with Gasteiger partial charge in [-0.25, -0.2) is 0 Å². The molecule has 0 saturated heterocycles. The van der Waals surface area contributed by atoms with Gasteiger partial charge in [0.25, 0.3) is 14.3 Å². The highest BCUT2D eigenvalue weighted by Gasteiger charge is 2.72. The van der Waals surface area contributed by atoms with E-state index in [9.17, 15) is 4.79 Å². The van der Waals surface area contributed by atoms with Crippen molar-refractivity contribution in [3.63, 3.8) is 0 Å². The SMILES string of the molecule is CO[Si](OC)C12CC(CC1C)CC2(C)C(=O)O[Si](C)(C)C(C)(C)C. The van der Waals surface area contributed by atoms with Gasteiger partial charge in [-0.15, -0.1) is 0 Å². The van der Waals surface area contributed by atoms with E-state index in [1.165, 1.54) is 6.42 Å². The molecule has 24 heavy (non-hydrogen) atoms. The van der Waals surface area contributed by atoms with Gasteiger partial charge in [-0.3, -0.25) is 4.79 Å². The standard InChI is InChI=1S/C18H35O4Si2/c1-13-10-14-11-17(5,18(13,12-14)23(20-6)21-7)15(19)22-24(8,9)16(2,3)4/h13-14H,10-12H2,1-9H3. The predicted molar refractivity (Wildman–Crippen MR) is 100 cm³/mol. The first-order chi connectivity index (χ1) is 10.9. The Balaban J connectivity index is 2.38. The fourth-order valence-electron chi connectivity index (χ4n) is 4.85. The molecule has 0 amide bonds. The Hall–Kier alpha value is -0.176. The van der Waals surface area contributed by atoms with E-state index in [0.717, 1.165) is 12.8 Å². The minimum Gasteiger partial charge on any atom is -0.519 e. The average molecular weight is 372 g/mol. The minimum absolute atomic E-state index is 0.0141. The molecule has 0 aromatic rings. The van der Waals surface area contributed by atoms with Crippen LogP contribution in [-0.2, 0) is 18.1 Å². The molecule has 1 radical (unpaired) electrons. The minimum atomic E-state index is -2.14. The van der Waals surface area contributed by atoms with Crippen molar-refractivity contribution in [3.05, 3.63) is 0 Å². The zero-order chi connectivity index (χ0) is 18.6. The quantitative estimate of drug-likeness (QED) is 0.667. The Morgan fingerprint density at radius 1 is 1.17 bits per heavy atom. The van der Waals surface area contributed by atoms with E-state index in [0.29, 0.717) is 11.8 Å². The molecule has 2 rings (SSSR count). The van der Waals surface area contributed by atoms with E-state index in [1.807, 2.05) is 0 Å². The zero-order valence-corrected chi connectivity index (χ0v) is 18.9. The van der Waals surface area contributed by atoms with Gasteiger partial charge in [0, 0.05) is 19.3 Å². The highest BCUT2D eigenvalue weighted by atomic mass is 28.4. The largest absolute Gasteiger partial charge is 0.519 e. The number of rotatable bonds is 5. The first-order valence-corrected chi connectivity index (χ1v) is 13.3. The van der Waals surface area contributed by atoms with Crippen LogP contribution in [0.4, 0.5) is 0 Å². The Morgan fingerprint density at radius 2 is 1.71 bits per heavy atom. The lowest BCUT2D eigenvalue weighted by molar-refractivity contribution is -0.150. The normalized spacial score (nSPS) is 36.4. The van der Waals surface area contributed by atoms with E-state index >= 15 is 0 Å². The average Bonchev–Trinajstić information content (AvgIpc) is 2.90. The zero-order valence-electron chi connectivity index (χ0n) is 16.9. The summed E-state index contributed by atoms with van der Waals surface area (Å²) in [5.74, 6) is 1.00. The van der Waals surface area contributed by atoms with Crippen LogP contribution in [0.25, 0.3) is 0 Å². The van der Waals surface area contributed by atoms with E-state index in [-0.39, 0.29) is 16.0 Å². The van der Waals surface area contributed by atoms with Crippen molar-refractivity contribution >= 4 is 23.6 Å². The van der Waals surface area contributed by atoms with Gasteiger partial charge in [0.05, 0.1) is 5.41 Å². The molecule has 0 aromatic carbocycles. The van der Waals surface area contributed by atoms with Crippen molar-refractivity contribution in [2.45, 2.75) is 77.1 Å². The third-order valence-corrected chi connectivity index (χ3v) is 14.2. The van der Waals surface area contributed by atoms with Gasteiger partial charge in [-0.1, -0.05) is 27.7 Å². The van der Waals surface area contributed by atoms with Crippen LogP contribution in [0.2, 0.25) is 23.2 Å². The maximum Gasteiger partial charge on any atom is 0.392 e. The number of hydrogen-bond acceptors (Lipinski definition) is 4. The van der Waals surface area contributed by atoms with Crippen LogP contribution in [-0.4, -0.2) is 37.8 Å². The predicted octanol–water partition coefficient (Wildman–Crippen LogP) is 4.51. The molecule has 0 heterocycles. The summed E-state index contributed by atoms with van der Waals surface area (Å²) < 4.78 is 17.9. The van der Waals surface area contributed by atoms with Crippen molar-refractivity contribution in [1.29, 1.82) is 0 Å². The van der Waals surface area contributed by atoms with Gasteiger partial charge in [-0.2, -0.15) is 0 Å². The first-order valence-electron chi connectivity index (χ1n) is 9.04. The van der Waals surface area contributed by atoms with Crippen LogP contribution in [0.3, 0.4) is 0 Å². The summed E-state index contributed by atoms with van der Waals surface area (Å²) in [5.41, 5.74) is -0.495. The number of carbonyl (C=O) groups excluding carboxylic acids is 1. The lowest BCUT2D eigenvalue weighted by atomic mass is 9.69. The number of fused-ring (bicyclic) bond motifs is 2. The molecular formula is C18H35O4Si2. The van der Waals surface area contributed by atoms with Crippen LogP contribution in [0.1, 0.15) is 53.9 Å². The van der Waals surface area contributed by atoms with Gasteiger partial charge in [0.1, 0.15) is 0 Å². The molecular weight excluding hydrogens is 336 g/mol. The summed E-state index contributed by atoms with van der Waals surface area (Å²) >= 11 is 0. The van der Waals surface area contributed by atoms with Crippen LogP contribution >= 0.6 is 0 Å². The maximum absolute atomic E-state index is 13.4. The molecule has 4 nitrogen and oxygen atoms in total. The molecule has 4 atom stereocenters. The Bertz CT molecular complexity index is 498. The molecule has 2 aliphatic carbocycles. The van der Waals surface area contributed by atoms with Gasteiger partial charge in [0.15, 0.2) is 0 Å². The summed E-state index contributed by atoms with van der Waals surface area (Å²) in [7, 11) is -0.231. The smallest absolute Gasteiger partial charge is 0.392 e. The Kier molecular flexibility index (Phi) is 5.21. The van der Waals surface area contributed by atoms with Gasteiger partial charge >= 0.3 is 9.28 Å². The van der Waals surface area contributed by atoms with Crippen molar-refractivity contribution in [2.24, 2.45) is 17.3 Å². The molecule has 2 aliphatic rings. The summed E-state index contributed by atoms with van der Waals surface area (Å²) in [6.07, 6.45) is 3.11. The summed E-state index contributed by atoms with van der Waals surface area (Å²) in [4.78, 5) is 13.4. The second-order valence-corrected chi connectivity index (χ2v) is 16.6. The Morgan fingerprint density at radius 3 is 2.12 bits per heavy atom. The molecule has 0 spiro atoms. The van der Waals surface area contributed by atoms with Crippen molar-refractivity contribution in [3.8, 4) is 0 Å². The van der Waals surface area contributed by atoms with Crippen LogP contribution in [0.5, 0.6) is 0 Å². The highest BCUT2D eigenvalue weighted by Crippen LogP contribution is 2.73. The monoisotopic (exact) mass is 371 g/mol. The van der Waals surface area contributed by atoms with Gasteiger partial charge < -0.3 is 13.3 Å². The van der Waals surface area contributed by atoms with Crippen molar-refractivity contribution < 1.29 is 18.1 Å². The van der Waals surface area contributed by atoms with E-state index in [1.54, 1.807) is 14.2 Å². The first kappa shape index (κ1) is 20.1. The highest BCUT2D eigenvalue weighted by molar-refractivity contribution is 6.75. The molecule has 0 aliphatic heterocycles. The second-order valence-electron chi connectivity index (χ2n) is 9.56. The number of carbonyl (C=O) groups is 1. The van der Waals surface area contributed by atoms with E-state index in [2.05, 4.69) is 47.7 Å². The molecule has 2 fully saturated rings. The van der Waals surface area contributed by atoms with Gasteiger partial charge in [0.2, 0.25) is 0 Å². The van der Waals surface area contributed by atoms with Crippen LogP contribution in [0.15, 0.2) is 0 Å². The lowest BCUT2D eigenvalue weighted by Gasteiger charge is -2.49. The maximum atomic E-state index is 13.4. The molecule has 2 bridgehead atoms. The van der Waals surface area contributed by atoms with Crippen molar-refractivity contribution in [1.82, 2.24) is 0 Å². The van der Waals surface area contributed by atoms with Gasteiger partial charge in [-0.05, 0) is 56.2 Å². The van der Waals surface area contributed by atoms with E-state index in [4.69, 9.17) is 13.3 Å². The van der Waals surface area contributed by atoms with Crippen molar-refractivity contribution in [2.75, 3.05) is 14.2 Å². The molecule has 4 unspecified atom stereocenters. The molecule has 2 saturated carbocycles.